The number of aromatic amines is 1. The third-order valence-electron chi connectivity index (χ3n) is 4.35. The van der Waals surface area contributed by atoms with E-state index in [1.54, 1.807) is 18.2 Å². The number of aromatic nitrogens is 4. The zero-order valence-electron chi connectivity index (χ0n) is 15.5. The van der Waals surface area contributed by atoms with E-state index in [-0.39, 0.29) is 24.0 Å². The molecule has 0 spiro atoms. The molecule has 0 atom stereocenters. The SMILES string of the molecule is O=C(CSc1nc(-c2ccccc2)nc2cc(=O)[nH]n12)Nc1ccc2c(c1)OCO2. The molecular weight excluding hydrogens is 406 g/mol. The fourth-order valence-electron chi connectivity index (χ4n) is 3.00. The summed E-state index contributed by atoms with van der Waals surface area (Å²) in [6.07, 6.45) is 0. The number of carbonyl (C=O) groups is 1. The number of carbonyl (C=O) groups excluding carboxylic acids is 1. The highest BCUT2D eigenvalue weighted by Crippen LogP contribution is 2.34. The Bertz CT molecular complexity index is 1300. The second-order valence-corrected chi connectivity index (χ2v) is 7.36. The summed E-state index contributed by atoms with van der Waals surface area (Å²) < 4.78 is 12.1. The first-order valence-corrected chi connectivity index (χ1v) is 10.0. The van der Waals surface area contributed by atoms with E-state index in [1.807, 2.05) is 30.3 Å². The van der Waals surface area contributed by atoms with E-state index in [9.17, 15) is 9.59 Å². The van der Waals surface area contributed by atoms with Crippen LogP contribution >= 0.6 is 11.8 Å². The molecule has 2 N–H and O–H groups in total. The van der Waals surface area contributed by atoms with Gasteiger partial charge in [0.15, 0.2) is 28.1 Å². The molecule has 5 rings (SSSR count). The van der Waals surface area contributed by atoms with Crippen LogP contribution in [0.5, 0.6) is 11.5 Å². The van der Waals surface area contributed by atoms with Crippen molar-refractivity contribution in [2.24, 2.45) is 0 Å². The van der Waals surface area contributed by atoms with Gasteiger partial charge in [0.1, 0.15) is 0 Å². The standard InChI is InChI=1S/C20H15N5O4S/c26-17-9-16-22-19(12-4-2-1-3-5-12)23-20(25(16)24-17)30-10-18(27)21-13-6-7-14-15(8-13)29-11-28-14/h1-9H,10-11H2,(H,21,27)(H,24,26). The van der Waals surface area contributed by atoms with Crippen LogP contribution in [0.15, 0.2) is 64.5 Å². The van der Waals surface area contributed by atoms with Crippen LogP contribution in [-0.4, -0.2) is 38.0 Å². The molecule has 10 heteroatoms. The highest BCUT2D eigenvalue weighted by molar-refractivity contribution is 7.99. The minimum Gasteiger partial charge on any atom is -0.454 e. The summed E-state index contributed by atoms with van der Waals surface area (Å²) in [7, 11) is 0. The maximum Gasteiger partial charge on any atom is 0.266 e. The number of hydrogen-bond acceptors (Lipinski definition) is 7. The first kappa shape index (κ1) is 18.3. The van der Waals surface area contributed by atoms with Gasteiger partial charge < -0.3 is 14.8 Å². The van der Waals surface area contributed by atoms with Gasteiger partial charge in [-0.1, -0.05) is 42.1 Å². The molecule has 0 unspecified atom stereocenters. The number of thioether (sulfide) groups is 1. The van der Waals surface area contributed by atoms with Crippen LogP contribution < -0.4 is 20.3 Å². The zero-order valence-corrected chi connectivity index (χ0v) is 16.3. The third-order valence-corrected chi connectivity index (χ3v) is 5.28. The summed E-state index contributed by atoms with van der Waals surface area (Å²) in [5, 5.41) is 5.94. The van der Waals surface area contributed by atoms with E-state index < -0.39 is 0 Å². The highest BCUT2D eigenvalue weighted by Gasteiger charge is 2.16. The summed E-state index contributed by atoms with van der Waals surface area (Å²) in [6.45, 7) is 0.172. The lowest BCUT2D eigenvalue weighted by Crippen LogP contribution is -2.15. The Morgan fingerprint density at radius 1 is 1.10 bits per heavy atom. The van der Waals surface area contributed by atoms with Crippen LogP contribution in [0, 0.1) is 0 Å². The number of nitrogens with zero attached hydrogens (tertiary/aromatic N) is 3. The molecule has 2 aromatic heterocycles. The number of fused-ring (bicyclic) bond motifs is 2. The molecule has 30 heavy (non-hydrogen) atoms. The van der Waals surface area contributed by atoms with Gasteiger partial charge in [-0.25, -0.2) is 14.5 Å². The Morgan fingerprint density at radius 3 is 2.80 bits per heavy atom. The van der Waals surface area contributed by atoms with E-state index in [2.05, 4.69) is 20.4 Å². The van der Waals surface area contributed by atoms with Gasteiger partial charge in [-0.2, -0.15) is 0 Å². The minimum absolute atomic E-state index is 0.0923. The van der Waals surface area contributed by atoms with Crippen LogP contribution in [0.2, 0.25) is 0 Å². The smallest absolute Gasteiger partial charge is 0.266 e. The van der Waals surface area contributed by atoms with Gasteiger partial charge in [0, 0.05) is 23.4 Å². The van der Waals surface area contributed by atoms with Crippen LogP contribution in [0.3, 0.4) is 0 Å². The zero-order chi connectivity index (χ0) is 20.5. The average Bonchev–Trinajstić information content (AvgIpc) is 3.37. The lowest BCUT2D eigenvalue weighted by Gasteiger charge is -2.08. The normalized spacial score (nSPS) is 12.3. The fraction of sp³-hybridized carbons (Fsp3) is 0.100. The molecule has 0 saturated heterocycles. The van der Waals surface area contributed by atoms with Gasteiger partial charge in [-0.3, -0.25) is 14.7 Å². The second kappa shape index (κ2) is 7.56. The van der Waals surface area contributed by atoms with Gasteiger partial charge in [0.05, 0.1) is 5.75 Å². The van der Waals surface area contributed by atoms with Crippen molar-refractivity contribution in [3.05, 3.63) is 65.0 Å². The Hall–Kier alpha value is -3.79. The van der Waals surface area contributed by atoms with Crippen LogP contribution in [-0.2, 0) is 4.79 Å². The number of amides is 1. The van der Waals surface area contributed by atoms with Crippen molar-refractivity contribution in [3.8, 4) is 22.9 Å². The van der Waals surface area contributed by atoms with Gasteiger partial charge in [0.2, 0.25) is 12.7 Å². The molecule has 0 saturated carbocycles. The van der Waals surface area contributed by atoms with E-state index in [0.717, 1.165) is 5.56 Å². The molecule has 0 bridgehead atoms. The molecule has 1 aliphatic rings. The number of benzene rings is 2. The Kier molecular flexibility index (Phi) is 4.60. The topological polar surface area (TPSA) is 111 Å². The highest BCUT2D eigenvalue weighted by atomic mass is 32.2. The Balaban J connectivity index is 1.37. The molecule has 3 heterocycles. The average molecular weight is 421 g/mol. The largest absolute Gasteiger partial charge is 0.454 e. The molecule has 1 aliphatic heterocycles. The summed E-state index contributed by atoms with van der Waals surface area (Å²) in [5.41, 5.74) is 1.58. The number of rotatable bonds is 5. The first-order valence-electron chi connectivity index (χ1n) is 9.03. The Labute approximate surface area is 174 Å². The van der Waals surface area contributed by atoms with Crippen molar-refractivity contribution in [1.29, 1.82) is 0 Å². The van der Waals surface area contributed by atoms with Crippen LogP contribution in [0.4, 0.5) is 5.69 Å². The monoisotopic (exact) mass is 421 g/mol. The van der Waals surface area contributed by atoms with Crippen molar-refractivity contribution >= 4 is 29.0 Å². The molecule has 0 radical (unpaired) electrons. The summed E-state index contributed by atoms with van der Waals surface area (Å²) in [4.78, 5) is 33.2. The van der Waals surface area contributed by atoms with Crippen LogP contribution in [0.25, 0.3) is 17.0 Å². The molecule has 2 aromatic carbocycles. The predicted octanol–water partition coefficient (Wildman–Crippen LogP) is 2.54. The molecule has 0 fully saturated rings. The first-order chi connectivity index (χ1) is 14.7. The van der Waals surface area contributed by atoms with Crippen molar-refractivity contribution in [1.82, 2.24) is 19.6 Å². The lowest BCUT2D eigenvalue weighted by atomic mass is 10.2. The summed E-state index contributed by atoms with van der Waals surface area (Å²) in [5.74, 6) is 1.59. The van der Waals surface area contributed by atoms with Crippen LogP contribution in [0.1, 0.15) is 0 Å². The fourth-order valence-corrected chi connectivity index (χ4v) is 3.75. The van der Waals surface area contributed by atoms with E-state index in [1.165, 1.54) is 22.3 Å². The lowest BCUT2D eigenvalue weighted by molar-refractivity contribution is -0.113. The molecule has 4 aromatic rings. The van der Waals surface area contributed by atoms with Crippen molar-refractivity contribution in [2.45, 2.75) is 5.16 Å². The van der Waals surface area contributed by atoms with Gasteiger partial charge in [0.25, 0.3) is 5.56 Å². The van der Waals surface area contributed by atoms with Gasteiger partial charge in [-0.05, 0) is 12.1 Å². The number of H-pyrrole nitrogens is 1. The summed E-state index contributed by atoms with van der Waals surface area (Å²) >= 11 is 1.20. The Morgan fingerprint density at radius 2 is 1.93 bits per heavy atom. The quantitative estimate of drug-likeness (QED) is 0.477. The van der Waals surface area contributed by atoms with Gasteiger partial charge in [-0.15, -0.1) is 0 Å². The van der Waals surface area contributed by atoms with E-state index in [0.29, 0.717) is 33.8 Å². The number of nitrogens with one attached hydrogen (secondary N) is 2. The maximum atomic E-state index is 12.5. The molecular formula is C20H15N5O4S. The number of hydrogen-bond donors (Lipinski definition) is 2. The predicted molar refractivity (Wildman–Crippen MR) is 111 cm³/mol. The van der Waals surface area contributed by atoms with E-state index in [4.69, 9.17) is 9.47 Å². The van der Waals surface area contributed by atoms with Gasteiger partial charge >= 0.3 is 0 Å². The number of anilines is 1. The number of ether oxygens (including phenoxy) is 2. The molecule has 1 amide bonds. The van der Waals surface area contributed by atoms with Crippen molar-refractivity contribution < 1.29 is 14.3 Å². The minimum atomic E-state index is -0.291. The molecule has 0 aliphatic carbocycles. The third kappa shape index (κ3) is 3.60. The van der Waals surface area contributed by atoms with E-state index >= 15 is 0 Å². The second-order valence-electron chi connectivity index (χ2n) is 6.41. The van der Waals surface area contributed by atoms with Crippen molar-refractivity contribution in [3.63, 3.8) is 0 Å². The molecule has 9 nitrogen and oxygen atoms in total. The molecule has 150 valence electrons. The summed E-state index contributed by atoms with van der Waals surface area (Å²) in [6, 6.07) is 16.0. The van der Waals surface area contributed by atoms with Crippen molar-refractivity contribution in [2.75, 3.05) is 17.9 Å². The maximum absolute atomic E-state index is 12.5.